The largest absolute Gasteiger partial charge is 0.444 e. The minimum atomic E-state index is -0.567. The van der Waals surface area contributed by atoms with E-state index in [4.69, 9.17) is 4.74 Å². The molecule has 31 heavy (non-hydrogen) atoms. The van der Waals surface area contributed by atoms with Crippen molar-refractivity contribution in [3.05, 3.63) is 0 Å². The first-order valence-electron chi connectivity index (χ1n) is 12.4. The van der Waals surface area contributed by atoms with Gasteiger partial charge in [-0.2, -0.15) is 0 Å². The van der Waals surface area contributed by atoms with Crippen LogP contribution >= 0.6 is 0 Å². The fourth-order valence-corrected chi connectivity index (χ4v) is 5.14. The van der Waals surface area contributed by atoms with Crippen LogP contribution in [0.3, 0.4) is 0 Å². The monoisotopic (exact) mass is 435 g/mol. The van der Waals surface area contributed by atoms with Crippen molar-refractivity contribution >= 4 is 18.0 Å². The molecule has 1 heterocycles. The quantitative estimate of drug-likeness (QED) is 0.688. The number of rotatable bonds is 3. The summed E-state index contributed by atoms with van der Waals surface area (Å²) in [4.78, 5) is 42.6. The SMILES string of the molecule is CC(C)(C)OC(=O)N1CCCC(C(=O)N(C(=O)NC2CCCCC2)C2CCCCC2)C1. The maximum Gasteiger partial charge on any atom is 0.410 e. The standard InChI is InChI=1S/C24H41N3O4/c1-24(2,3)31-23(30)26-16-10-11-18(17-26)21(28)27(20-14-8-5-9-15-20)22(29)25-19-12-6-4-7-13-19/h18-20H,4-17H2,1-3H3,(H,25,29). The summed E-state index contributed by atoms with van der Waals surface area (Å²) in [6, 6.07) is -0.0790. The number of hydrogen-bond acceptors (Lipinski definition) is 4. The summed E-state index contributed by atoms with van der Waals surface area (Å²) < 4.78 is 5.51. The maximum atomic E-state index is 13.6. The van der Waals surface area contributed by atoms with Crippen LogP contribution in [0.1, 0.15) is 97.8 Å². The lowest BCUT2D eigenvalue weighted by atomic mass is 9.91. The lowest BCUT2D eigenvalue weighted by Gasteiger charge is -2.39. The second-order valence-electron chi connectivity index (χ2n) is 10.6. The summed E-state index contributed by atoms with van der Waals surface area (Å²) in [6.45, 7) is 6.46. The van der Waals surface area contributed by atoms with E-state index >= 15 is 0 Å². The highest BCUT2D eigenvalue weighted by atomic mass is 16.6. The van der Waals surface area contributed by atoms with E-state index in [9.17, 15) is 14.4 Å². The molecule has 0 aromatic heterocycles. The Balaban J connectivity index is 1.69. The number of likely N-dealkylation sites (tertiary alicyclic amines) is 1. The van der Waals surface area contributed by atoms with Crippen LogP contribution in [0.15, 0.2) is 0 Å². The second kappa shape index (κ2) is 10.7. The van der Waals surface area contributed by atoms with Gasteiger partial charge in [0, 0.05) is 25.2 Å². The highest BCUT2D eigenvalue weighted by Gasteiger charge is 2.39. The number of hydrogen-bond donors (Lipinski definition) is 1. The molecule has 1 unspecified atom stereocenters. The summed E-state index contributed by atoms with van der Waals surface area (Å²) in [5.41, 5.74) is -0.567. The Morgan fingerprint density at radius 2 is 1.48 bits per heavy atom. The second-order valence-corrected chi connectivity index (χ2v) is 10.6. The molecule has 176 valence electrons. The van der Waals surface area contributed by atoms with Crippen molar-refractivity contribution in [1.82, 2.24) is 15.1 Å². The molecule has 2 aliphatic carbocycles. The van der Waals surface area contributed by atoms with Crippen LogP contribution in [-0.2, 0) is 9.53 Å². The van der Waals surface area contributed by atoms with Crippen LogP contribution in [0, 0.1) is 5.92 Å². The van der Waals surface area contributed by atoms with E-state index in [0.717, 1.165) is 57.8 Å². The molecule has 7 nitrogen and oxygen atoms in total. The van der Waals surface area contributed by atoms with Crippen LogP contribution in [0.5, 0.6) is 0 Å². The Morgan fingerprint density at radius 1 is 0.871 bits per heavy atom. The first kappa shape index (κ1) is 23.9. The average Bonchev–Trinajstić information content (AvgIpc) is 2.74. The predicted octanol–water partition coefficient (Wildman–Crippen LogP) is 4.84. The van der Waals surface area contributed by atoms with Crippen molar-refractivity contribution in [3.63, 3.8) is 0 Å². The number of amides is 4. The van der Waals surface area contributed by atoms with Crippen molar-refractivity contribution in [3.8, 4) is 0 Å². The summed E-state index contributed by atoms with van der Waals surface area (Å²) in [5.74, 6) is -0.464. The first-order chi connectivity index (χ1) is 14.7. The third-order valence-corrected chi connectivity index (χ3v) is 6.75. The molecule has 3 fully saturated rings. The van der Waals surface area contributed by atoms with Gasteiger partial charge in [-0.25, -0.2) is 9.59 Å². The number of ether oxygens (including phenoxy) is 1. The molecule has 3 rings (SSSR count). The minimum absolute atomic E-state index is 0.0262. The molecule has 1 atom stereocenters. The van der Waals surface area contributed by atoms with Crippen LogP contribution in [0.25, 0.3) is 0 Å². The molecular formula is C24H41N3O4. The van der Waals surface area contributed by atoms with Crippen molar-refractivity contribution in [2.24, 2.45) is 5.92 Å². The molecule has 7 heteroatoms. The van der Waals surface area contributed by atoms with Gasteiger partial charge in [-0.1, -0.05) is 38.5 Å². The number of piperidine rings is 1. The van der Waals surface area contributed by atoms with Gasteiger partial charge in [0.1, 0.15) is 5.60 Å². The number of nitrogens with zero attached hydrogens (tertiary/aromatic N) is 2. The van der Waals surface area contributed by atoms with Gasteiger partial charge in [0.05, 0.1) is 5.92 Å². The van der Waals surface area contributed by atoms with E-state index in [-0.39, 0.29) is 36.0 Å². The van der Waals surface area contributed by atoms with Crippen LogP contribution in [0.2, 0.25) is 0 Å². The van der Waals surface area contributed by atoms with Gasteiger partial charge in [-0.3, -0.25) is 9.69 Å². The fourth-order valence-electron chi connectivity index (χ4n) is 5.14. The average molecular weight is 436 g/mol. The topological polar surface area (TPSA) is 79.0 Å². The van der Waals surface area contributed by atoms with E-state index in [1.165, 1.54) is 17.7 Å². The lowest BCUT2D eigenvalue weighted by molar-refractivity contribution is -0.136. The Kier molecular flexibility index (Phi) is 8.23. The number of carbonyl (C=O) groups is 3. The molecular weight excluding hydrogens is 394 g/mol. The van der Waals surface area contributed by atoms with Crippen molar-refractivity contribution < 1.29 is 19.1 Å². The molecule has 0 aromatic rings. The Hall–Kier alpha value is -1.79. The van der Waals surface area contributed by atoms with Crippen LogP contribution in [0.4, 0.5) is 9.59 Å². The highest BCUT2D eigenvalue weighted by molar-refractivity contribution is 5.96. The Morgan fingerprint density at radius 3 is 2.10 bits per heavy atom. The van der Waals surface area contributed by atoms with E-state index < -0.39 is 5.60 Å². The summed E-state index contributed by atoms with van der Waals surface area (Å²) in [5, 5.41) is 3.16. The van der Waals surface area contributed by atoms with E-state index in [1.807, 2.05) is 20.8 Å². The van der Waals surface area contributed by atoms with Crippen molar-refractivity contribution in [1.29, 1.82) is 0 Å². The zero-order valence-electron chi connectivity index (χ0n) is 19.7. The maximum absolute atomic E-state index is 13.6. The molecule has 1 aliphatic heterocycles. The zero-order chi connectivity index (χ0) is 22.4. The third kappa shape index (κ3) is 6.84. The Labute approximate surface area is 187 Å². The van der Waals surface area contributed by atoms with Gasteiger partial charge in [-0.05, 0) is 59.3 Å². The molecule has 4 amide bonds. The number of urea groups is 1. The molecule has 0 radical (unpaired) electrons. The van der Waals surface area contributed by atoms with Crippen LogP contribution < -0.4 is 5.32 Å². The van der Waals surface area contributed by atoms with Gasteiger partial charge < -0.3 is 15.0 Å². The normalized spacial score (nSPS) is 23.8. The molecule has 0 spiro atoms. The van der Waals surface area contributed by atoms with Gasteiger partial charge in [0.15, 0.2) is 0 Å². The van der Waals surface area contributed by atoms with E-state index in [0.29, 0.717) is 19.5 Å². The predicted molar refractivity (Wildman–Crippen MR) is 120 cm³/mol. The van der Waals surface area contributed by atoms with Crippen molar-refractivity contribution in [2.75, 3.05) is 13.1 Å². The summed E-state index contributed by atoms with van der Waals surface area (Å²) in [6.07, 6.45) is 11.6. The fraction of sp³-hybridized carbons (Fsp3) is 0.875. The number of nitrogens with one attached hydrogen (secondary N) is 1. The van der Waals surface area contributed by atoms with Gasteiger partial charge >= 0.3 is 12.1 Å². The molecule has 0 aromatic carbocycles. The van der Waals surface area contributed by atoms with Gasteiger partial charge in [0.25, 0.3) is 0 Å². The molecule has 0 bridgehead atoms. The smallest absolute Gasteiger partial charge is 0.410 e. The summed E-state index contributed by atoms with van der Waals surface area (Å²) >= 11 is 0. The first-order valence-corrected chi connectivity index (χ1v) is 12.4. The molecule has 1 N–H and O–H groups in total. The van der Waals surface area contributed by atoms with Gasteiger partial charge in [0.2, 0.25) is 5.91 Å². The number of carbonyl (C=O) groups excluding carboxylic acids is 3. The zero-order valence-corrected chi connectivity index (χ0v) is 19.7. The van der Waals surface area contributed by atoms with E-state index in [2.05, 4.69) is 5.32 Å². The third-order valence-electron chi connectivity index (χ3n) is 6.75. The van der Waals surface area contributed by atoms with Crippen LogP contribution in [-0.4, -0.2) is 58.6 Å². The Bertz CT molecular complexity index is 633. The molecule has 2 saturated carbocycles. The van der Waals surface area contributed by atoms with Gasteiger partial charge in [-0.15, -0.1) is 0 Å². The summed E-state index contributed by atoms with van der Waals surface area (Å²) in [7, 11) is 0. The highest BCUT2D eigenvalue weighted by Crippen LogP contribution is 2.28. The molecule has 3 aliphatic rings. The van der Waals surface area contributed by atoms with E-state index in [1.54, 1.807) is 4.90 Å². The number of imide groups is 1. The molecule has 1 saturated heterocycles. The lowest BCUT2D eigenvalue weighted by Crippen LogP contribution is -2.56. The minimum Gasteiger partial charge on any atom is -0.444 e. The van der Waals surface area contributed by atoms with Crippen molar-refractivity contribution in [2.45, 2.75) is 116 Å².